The second kappa shape index (κ2) is 7.74. The Balaban J connectivity index is 1.53. The van der Waals surface area contributed by atoms with Crippen molar-refractivity contribution >= 4 is 34.1 Å². The molecule has 0 aliphatic carbocycles. The minimum absolute atomic E-state index is 0.118. The molecule has 2 aromatic carbocycles. The molecule has 1 saturated heterocycles. The highest BCUT2D eigenvalue weighted by molar-refractivity contribution is 5.98. The first-order valence-electron chi connectivity index (χ1n) is 9.26. The number of carbonyl (C=O) groups is 2. The second-order valence-electron chi connectivity index (χ2n) is 6.87. The van der Waals surface area contributed by atoms with Gasteiger partial charge < -0.3 is 15.0 Å². The van der Waals surface area contributed by atoms with Gasteiger partial charge >= 0.3 is 0 Å². The van der Waals surface area contributed by atoms with E-state index < -0.39 is 22.8 Å². The lowest BCUT2D eigenvalue weighted by atomic mass is 10.1. The molecule has 152 valence electrons. The quantitative estimate of drug-likeness (QED) is 0.385. The summed E-state index contributed by atoms with van der Waals surface area (Å²) < 4.78 is 0. The van der Waals surface area contributed by atoms with Crippen LogP contribution in [-0.4, -0.2) is 44.3 Å². The highest BCUT2D eigenvalue weighted by atomic mass is 16.6. The molecule has 1 aromatic heterocycles. The Morgan fingerprint density at radius 2 is 1.90 bits per heavy atom. The zero-order chi connectivity index (χ0) is 21.3. The Morgan fingerprint density at radius 1 is 1.17 bits per heavy atom. The number of nitrogens with one attached hydrogen (secondary N) is 1. The van der Waals surface area contributed by atoms with E-state index in [2.05, 4.69) is 15.2 Å². The van der Waals surface area contributed by atoms with Gasteiger partial charge in [-0.25, -0.2) is 0 Å². The first-order valence-corrected chi connectivity index (χ1v) is 9.26. The highest BCUT2D eigenvalue weighted by Crippen LogP contribution is 2.35. The summed E-state index contributed by atoms with van der Waals surface area (Å²) in [6.07, 6.45) is 1.07. The van der Waals surface area contributed by atoms with E-state index in [9.17, 15) is 24.8 Å². The molecule has 10 heteroatoms. The molecule has 4 rings (SSSR count). The number of amides is 2. The number of aromatic amines is 1. The van der Waals surface area contributed by atoms with Crippen molar-refractivity contribution in [3.05, 3.63) is 64.2 Å². The minimum Gasteiger partial charge on any atom is -0.493 e. The predicted octanol–water partition coefficient (Wildman–Crippen LogP) is 3.70. The number of aromatic hydroxyl groups is 1. The van der Waals surface area contributed by atoms with Crippen molar-refractivity contribution in [3.63, 3.8) is 0 Å². The van der Waals surface area contributed by atoms with Crippen molar-refractivity contribution in [1.82, 2.24) is 9.88 Å². The summed E-state index contributed by atoms with van der Waals surface area (Å²) in [5.41, 5.74) is 0.955. The van der Waals surface area contributed by atoms with Crippen LogP contribution in [0.1, 0.15) is 23.2 Å². The van der Waals surface area contributed by atoms with E-state index in [0.29, 0.717) is 30.3 Å². The van der Waals surface area contributed by atoms with Crippen LogP contribution in [0.5, 0.6) is 5.88 Å². The summed E-state index contributed by atoms with van der Waals surface area (Å²) in [4.78, 5) is 39.8. The van der Waals surface area contributed by atoms with E-state index in [0.717, 1.165) is 0 Å². The van der Waals surface area contributed by atoms with Gasteiger partial charge in [0.1, 0.15) is 6.04 Å². The number of fused-ring (bicyclic) bond motifs is 1. The van der Waals surface area contributed by atoms with Gasteiger partial charge in [-0.3, -0.25) is 19.7 Å². The first-order chi connectivity index (χ1) is 14.5. The minimum atomic E-state index is -0.774. The van der Waals surface area contributed by atoms with Gasteiger partial charge in [0.2, 0.25) is 5.88 Å². The lowest BCUT2D eigenvalue weighted by molar-refractivity contribution is -0.384. The largest absolute Gasteiger partial charge is 0.493 e. The lowest BCUT2D eigenvalue weighted by Gasteiger charge is -2.21. The Labute approximate surface area is 170 Å². The number of carbonyl (C=O) groups excluding carboxylic acids is 2. The SMILES string of the molecule is O=C(N=Nc1c(O)[nH]c2ccccc12)C1CCCN1C(=O)c1ccc([N+](=O)[O-])cc1. The molecule has 1 atom stereocenters. The third kappa shape index (κ3) is 3.50. The zero-order valence-electron chi connectivity index (χ0n) is 15.7. The van der Waals surface area contributed by atoms with Gasteiger partial charge in [-0.15, -0.1) is 10.2 Å². The number of nitro benzene ring substituents is 1. The first kappa shape index (κ1) is 19.2. The predicted molar refractivity (Wildman–Crippen MR) is 107 cm³/mol. The lowest BCUT2D eigenvalue weighted by Crippen LogP contribution is -2.39. The number of hydrogen-bond donors (Lipinski definition) is 2. The molecule has 2 amide bonds. The van der Waals surface area contributed by atoms with E-state index in [1.54, 1.807) is 24.3 Å². The van der Waals surface area contributed by atoms with Gasteiger partial charge in [0.05, 0.1) is 10.4 Å². The number of nitro groups is 1. The smallest absolute Gasteiger partial charge is 0.287 e. The number of likely N-dealkylation sites (tertiary alicyclic amines) is 1. The van der Waals surface area contributed by atoms with Crippen LogP contribution in [0.3, 0.4) is 0 Å². The van der Waals surface area contributed by atoms with E-state index >= 15 is 0 Å². The monoisotopic (exact) mass is 407 g/mol. The normalized spacial score (nSPS) is 16.4. The summed E-state index contributed by atoms with van der Waals surface area (Å²) >= 11 is 0. The Morgan fingerprint density at radius 3 is 2.63 bits per heavy atom. The van der Waals surface area contributed by atoms with Gasteiger partial charge in [-0.2, -0.15) is 0 Å². The van der Waals surface area contributed by atoms with Gasteiger partial charge in [0.15, 0.2) is 5.69 Å². The molecule has 0 radical (unpaired) electrons. The van der Waals surface area contributed by atoms with Crippen LogP contribution in [0.25, 0.3) is 10.9 Å². The van der Waals surface area contributed by atoms with Crippen molar-refractivity contribution < 1.29 is 19.6 Å². The number of H-pyrrole nitrogens is 1. The van der Waals surface area contributed by atoms with Crippen LogP contribution < -0.4 is 0 Å². The molecule has 0 bridgehead atoms. The number of azo groups is 1. The molecule has 1 fully saturated rings. The van der Waals surface area contributed by atoms with E-state index in [1.807, 2.05) is 0 Å². The Hall–Kier alpha value is -4.08. The molecular formula is C20H17N5O5. The third-order valence-corrected chi connectivity index (χ3v) is 5.03. The van der Waals surface area contributed by atoms with Crippen molar-refractivity contribution in [2.45, 2.75) is 18.9 Å². The van der Waals surface area contributed by atoms with Crippen molar-refractivity contribution in [2.24, 2.45) is 10.2 Å². The number of nitrogens with zero attached hydrogens (tertiary/aromatic N) is 4. The fraction of sp³-hybridized carbons (Fsp3) is 0.200. The maximum absolute atomic E-state index is 12.8. The second-order valence-corrected chi connectivity index (χ2v) is 6.87. The summed E-state index contributed by atoms with van der Waals surface area (Å²) in [6, 6.07) is 11.5. The van der Waals surface area contributed by atoms with Crippen LogP contribution >= 0.6 is 0 Å². The fourth-order valence-corrected chi connectivity index (χ4v) is 3.54. The van der Waals surface area contributed by atoms with Crippen LogP contribution in [-0.2, 0) is 4.79 Å². The van der Waals surface area contributed by atoms with E-state index in [-0.39, 0.29) is 22.8 Å². The summed E-state index contributed by atoms with van der Waals surface area (Å²) in [5, 5.41) is 29.1. The summed E-state index contributed by atoms with van der Waals surface area (Å²) in [7, 11) is 0. The van der Waals surface area contributed by atoms with Gasteiger partial charge in [-0.1, -0.05) is 18.2 Å². The molecule has 30 heavy (non-hydrogen) atoms. The molecule has 0 spiro atoms. The van der Waals surface area contributed by atoms with Crippen molar-refractivity contribution in [2.75, 3.05) is 6.54 Å². The average molecular weight is 407 g/mol. The summed E-state index contributed by atoms with van der Waals surface area (Å²) in [6.45, 7) is 0.375. The molecule has 1 aliphatic rings. The van der Waals surface area contributed by atoms with Gasteiger partial charge in [0, 0.05) is 29.6 Å². The van der Waals surface area contributed by atoms with Crippen LogP contribution in [0.4, 0.5) is 11.4 Å². The maximum Gasteiger partial charge on any atom is 0.287 e. The fourth-order valence-electron chi connectivity index (χ4n) is 3.54. The molecule has 2 heterocycles. The van der Waals surface area contributed by atoms with Crippen molar-refractivity contribution in [1.29, 1.82) is 0 Å². The number of hydrogen-bond acceptors (Lipinski definition) is 6. The molecule has 3 aromatic rings. The van der Waals surface area contributed by atoms with Crippen molar-refractivity contribution in [3.8, 4) is 5.88 Å². The molecule has 1 aliphatic heterocycles. The zero-order valence-corrected chi connectivity index (χ0v) is 15.7. The van der Waals surface area contributed by atoms with Crippen LogP contribution in [0.2, 0.25) is 0 Å². The Kier molecular flexibility index (Phi) is 4.97. The van der Waals surface area contributed by atoms with Crippen LogP contribution in [0.15, 0.2) is 58.8 Å². The molecule has 1 unspecified atom stereocenters. The van der Waals surface area contributed by atoms with Crippen LogP contribution in [0, 0.1) is 10.1 Å². The summed E-state index contributed by atoms with van der Waals surface area (Å²) in [5.74, 6) is -1.18. The maximum atomic E-state index is 12.8. The van der Waals surface area contributed by atoms with E-state index in [1.165, 1.54) is 29.2 Å². The molecule has 0 saturated carbocycles. The van der Waals surface area contributed by atoms with E-state index in [4.69, 9.17) is 0 Å². The molecule has 2 N–H and O–H groups in total. The number of para-hydroxylation sites is 1. The molecule has 10 nitrogen and oxygen atoms in total. The average Bonchev–Trinajstić information content (AvgIpc) is 3.36. The van der Waals surface area contributed by atoms with Gasteiger partial charge in [-0.05, 0) is 31.0 Å². The third-order valence-electron chi connectivity index (χ3n) is 5.03. The number of non-ortho nitro benzene ring substituents is 1. The van der Waals surface area contributed by atoms with Gasteiger partial charge in [0.25, 0.3) is 17.5 Å². The molecular weight excluding hydrogens is 390 g/mol. The Bertz CT molecular complexity index is 1170. The number of benzene rings is 2. The number of aromatic nitrogens is 1. The number of rotatable bonds is 4. The topological polar surface area (TPSA) is 141 Å². The standard InChI is InChI=1S/C20H17N5O5/c26-18(23-22-17-14-4-1-2-5-15(14)21-19(17)27)16-6-3-11-24(16)20(28)12-7-9-13(10-8-12)25(29)30/h1-2,4-5,7-10,16,21,27H,3,6,11H2. The highest BCUT2D eigenvalue weighted by Gasteiger charge is 2.35.